The summed E-state index contributed by atoms with van der Waals surface area (Å²) in [5.74, 6) is 1.60. The van der Waals surface area contributed by atoms with Crippen molar-refractivity contribution < 1.29 is 9.47 Å². The van der Waals surface area contributed by atoms with Crippen molar-refractivity contribution in [2.45, 2.75) is 0 Å². The molecule has 0 bridgehead atoms. The minimum atomic E-state index is 0.465. The van der Waals surface area contributed by atoms with Gasteiger partial charge in [-0.25, -0.2) is 4.98 Å². The maximum atomic E-state index is 5.31. The molecule has 0 aromatic carbocycles. The van der Waals surface area contributed by atoms with Gasteiger partial charge >= 0.3 is 0 Å². The van der Waals surface area contributed by atoms with E-state index in [4.69, 9.17) is 9.47 Å². The molecule has 0 N–H and O–H groups in total. The highest BCUT2D eigenvalue weighted by Gasteiger charge is 2.11. The van der Waals surface area contributed by atoms with Gasteiger partial charge < -0.3 is 9.47 Å². The Morgan fingerprint density at radius 1 is 1.16 bits per heavy atom. The zero-order valence-electron chi connectivity index (χ0n) is 10.6. The summed E-state index contributed by atoms with van der Waals surface area (Å²) in [7, 11) is 3.15. The van der Waals surface area contributed by atoms with Gasteiger partial charge in [0.25, 0.3) is 0 Å². The van der Waals surface area contributed by atoms with Crippen LogP contribution in [0.5, 0.6) is 11.8 Å². The molecule has 0 aliphatic rings. The lowest BCUT2D eigenvalue weighted by Crippen LogP contribution is -1.97. The SMILES string of the molecule is COc1cc(OC)n2cc(-c3cccnc3)nc2n1. The summed E-state index contributed by atoms with van der Waals surface area (Å²) in [6.07, 6.45) is 5.34. The Morgan fingerprint density at radius 3 is 2.74 bits per heavy atom. The summed E-state index contributed by atoms with van der Waals surface area (Å²) in [4.78, 5) is 12.8. The summed E-state index contributed by atoms with van der Waals surface area (Å²) in [5, 5.41) is 0. The van der Waals surface area contributed by atoms with Crippen LogP contribution in [0.3, 0.4) is 0 Å². The largest absolute Gasteiger partial charge is 0.482 e. The van der Waals surface area contributed by atoms with E-state index < -0.39 is 0 Å². The minimum Gasteiger partial charge on any atom is -0.482 e. The van der Waals surface area contributed by atoms with Gasteiger partial charge in [0.05, 0.1) is 26.0 Å². The third-order valence-corrected chi connectivity index (χ3v) is 2.76. The lowest BCUT2D eigenvalue weighted by Gasteiger charge is -2.04. The molecule has 6 heteroatoms. The standard InChI is InChI=1S/C13H12N4O2/c1-18-11-6-12(19-2)17-8-10(15-13(17)16-11)9-4-3-5-14-7-9/h3-8H,1-2H3. The number of imidazole rings is 1. The molecule has 3 rings (SSSR count). The summed E-state index contributed by atoms with van der Waals surface area (Å²) >= 11 is 0. The Morgan fingerprint density at radius 2 is 2.05 bits per heavy atom. The van der Waals surface area contributed by atoms with Gasteiger partial charge in [-0.1, -0.05) is 0 Å². The zero-order chi connectivity index (χ0) is 13.2. The molecule has 0 saturated heterocycles. The first kappa shape index (κ1) is 11.5. The first-order chi connectivity index (χ1) is 9.31. The van der Waals surface area contributed by atoms with E-state index in [2.05, 4.69) is 15.0 Å². The molecule has 0 unspecified atom stereocenters. The Bertz CT molecular complexity index is 709. The predicted molar refractivity (Wildman–Crippen MR) is 69.3 cm³/mol. The van der Waals surface area contributed by atoms with Crippen LogP contribution in [0, 0.1) is 0 Å². The third-order valence-electron chi connectivity index (χ3n) is 2.76. The molecule has 0 amide bonds. The number of hydrogen-bond acceptors (Lipinski definition) is 5. The molecule has 0 saturated carbocycles. The second-order valence-electron chi connectivity index (χ2n) is 3.88. The predicted octanol–water partition coefficient (Wildman–Crippen LogP) is 1.81. The average Bonchev–Trinajstić information content (AvgIpc) is 2.91. The van der Waals surface area contributed by atoms with Gasteiger partial charge in [0, 0.05) is 24.2 Å². The lowest BCUT2D eigenvalue weighted by molar-refractivity contribution is 0.369. The number of pyridine rings is 1. The van der Waals surface area contributed by atoms with Crippen LogP contribution in [0.15, 0.2) is 36.8 Å². The Balaban J connectivity index is 2.20. The molecule has 6 nitrogen and oxygen atoms in total. The number of ether oxygens (including phenoxy) is 2. The van der Waals surface area contributed by atoms with E-state index in [1.165, 1.54) is 0 Å². The van der Waals surface area contributed by atoms with Gasteiger partial charge in [-0.3, -0.25) is 9.38 Å². The normalized spacial score (nSPS) is 10.6. The fraction of sp³-hybridized carbons (Fsp3) is 0.154. The highest BCUT2D eigenvalue weighted by molar-refractivity contribution is 5.61. The van der Waals surface area contributed by atoms with Crippen LogP contribution in [0.25, 0.3) is 17.0 Å². The van der Waals surface area contributed by atoms with Gasteiger partial charge in [0.1, 0.15) is 0 Å². The second-order valence-corrected chi connectivity index (χ2v) is 3.88. The van der Waals surface area contributed by atoms with Crippen molar-refractivity contribution in [3.63, 3.8) is 0 Å². The van der Waals surface area contributed by atoms with Crippen molar-refractivity contribution in [3.8, 4) is 23.0 Å². The Hall–Kier alpha value is -2.63. The number of nitrogens with zero attached hydrogens (tertiary/aromatic N) is 4. The van der Waals surface area contributed by atoms with Gasteiger partial charge in [-0.15, -0.1) is 0 Å². The van der Waals surface area contributed by atoms with Crippen LogP contribution in [0.2, 0.25) is 0 Å². The lowest BCUT2D eigenvalue weighted by atomic mass is 10.2. The van der Waals surface area contributed by atoms with E-state index in [9.17, 15) is 0 Å². The zero-order valence-corrected chi connectivity index (χ0v) is 10.6. The number of aromatic nitrogens is 4. The van der Waals surface area contributed by atoms with Crippen LogP contribution in [-0.4, -0.2) is 33.6 Å². The van der Waals surface area contributed by atoms with E-state index in [-0.39, 0.29) is 0 Å². The number of fused-ring (bicyclic) bond motifs is 1. The minimum absolute atomic E-state index is 0.465. The van der Waals surface area contributed by atoms with Gasteiger partial charge in [0.2, 0.25) is 17.5 Å². The van der Waals surface area contributed by atoms with Crippen molar-refractivity contribution in [1.29, 1.82) is 0 Å². The van der Waals surface area contributed by atoms with E-state index in [1.54, 1.807) is 37.1 Å². The van der Waals surface area contributed by atoms with Crippen LogP contribution < -0.4 is 9.47 Å². The highest BCUT2D eigenvalue weighted by atomic mass is 16.5. The quantitative estimate of drug-likeness (QED) is 0.715. The molecule has 3 aromatic rings. The van der Waals surface area contributed by atoms with Gasteiger partial charge in [-0.2, -0.15) is 4.98 Å². The fourth-order valence-corrected chi connectivity index (χ4v) is 1.83. The Labute approximate surface area is 109 Å². The first-order valence-electron chi connectivity index (χ1n) is 5.70. The van der Waals surface area contributed by atoms with Crippen molar-refractivity contribution in [3.05, 3.63) is 36.8 Å². The Kier molecular flexibility index (Phi) is 2.75. The summed E-state index contributed by atoms with van der Waals surface area (Å²) < 4.78 is 12.2. The van der Waals surface area contributed by atoms with E-state index in [0.717, 1.165) is 11.3 Å². The van der Waals surface area contributed by atoms with E-state index in [1.807, 2.05) is 18.3 Å². The van der Waals surface area contributed by atoms with Crippen LogP contribution in [-0.2, 0) is 0 Å². The molecule has 0 spiro atoms. The topological polar surface area (TPSA) is 61.5 Å². The van der Waals surface area contributed by atoms with Crippen molar-refractivity contribution in [2.24, 2.45) is 0 Å². The van der Waals surface area contributed by atoms with Crippen molar-refractivity contribution in [1.82, 2.24) is 19.4 Å². The smallest absolute Gasteiger partial charge is 0.240 e. The van der Waals surface area contributed by atoms with Crippen LogP contribution in [0.4, 0.5) is 0 Å². The highest BCUT2D eigenvalue weighted by Crippen LogP contribution is 2.23. The first-order valence-corrected chi connectivity index (χ1v) is 5.70. The summed E-state index contributed by atoms with van der Waals surface area (Å²) in [6, 6.07) is 5.52. The molecule has 0 fully saturated rings. The van der Waals surface area contributed by atoms with Gasteiger partial charge in [-0.05, 0) is 12.1 Å². The van der Waals surface area contributed by atoms with Crippen molar-refractivity contribution >= 4 is 5.78 Å². The van der Waals surface area contributed by atoms with Crippen molar-refractivity contribution in [2.75, 3.05) is 14.2 Å². The molecule has 0 radical (unpaired) electrons. The molecule has 0 aliphatic heterocycles. The molecule has 96 valence electrons. The number of hydrogen-bond donors (Lipinski definition) is 0. The molecular formula is C13H12N4O2. The monoisotopic (exact) mass is 256 g/mol. The van der Waals surface area contributed by atoms with E-state index >= 15 is 0 Å². The molecule has 3 heterocycles. The molecule has 0 atom stereocenters. The van der Waals surface area contributed by atoms with Crippen LogP contribution >= 0.6 is 0 Å². The second kappa shape index (κ2) is 4.56. The molecule has 19 heavy (non-hydrogen) atoms. The van der Waals surface area contributed by atoms with E-state index in [0.29, 0.717) is 17.5 Å². The van der Waals surface area contributed by atoms with Crippen LogP contribution in [0.1, 0.15) is 0 Å². The van der Waals surface area contributed by atoms with Gasteiger partial charge in [0.15, 0.2) is 0 Å². The molecule has 0 aliphatic carbocycles. The summed E-state index contributed by atoms with van der Waals surface area (Å²) in [6.45, 7) is 0. The number of methoxy groups -OCH3 is 2. The maximum absolute atomic E-state index is 5.31. The summed E-state index contributed by atoms with van der Waals surface area (Å²) in [5.41, 5.74) is 1.71. The molecular weight excluding hydrogens is 244 g/mol. The fourth-order valence-electron chi connectivity index (χ4n) is 1.83. The third kappa shape index (κ3) is 1.97. The molecule has 3 aromatic heterocycles. The maximum Gasteiger partial charge on any atom is 0.240 e. The number of rotatable bonds is 3. The average molecular weight is 256 g/mol.